The standard InChI is InChI=1S/C4H7Cl2/c1-4(2-5)3-6/h2-3H2,1H3. The molecule has 0 saturated carbocycles. The maximum atomic E-state index is 5.33. The van der Waals surface area contributed by atoms with Crippen LogP contribution in [0, 0.1) is 5.92 Å². The Kier molecular flexibility index (Phi) is 4.12. The van der Waals surface area contributed by atoms with Crippen LogP contribution in [0.4, 0.5) is 0 Å². The van der Waals surface area contributed by atoms with Crippen LogP contribution in [0.25, 0.3) is 0 Å². The van der Waals surface area contributed by atoms with Crippen molar-refractivity contribution in [3.05, 3.63) is 5.92 Å². The van der Waals surface area contributed by atoms with Crippen molar-refractivity contribution in [3.63, 3.8) is 0 Å². The smallest absolute Gasteiger partial charge is 0.0294 e. The van der Waals surface area contributed by atoms with E-state index in [1.165, 1.54) is 0 Å². The summed E-state index contributed by atoms with van der Waals surface area (Å²) in [5, 5.41) is 0. The van der Waals surface area contributed by atoms with Crippen LogP contribution < -0.4 is 0 Å². The maximum Gasteiger partial charge on any atom is 0.0294 e. The molecule has 0 unspecified atom stereocenters. The van der Waals surface area contributed by atoms with Gasteiger partial charge in [0.2, 0.25) is 0 Å². The van der Waals surface area contributed by atoms with Crippen molar-refractivity contribution in [2.45, 2.75) is 6.92 Å². The Morgan fingerprint density at radius 3 is 1.67 bits per heavy atom. The van der Waals surface area contributed by atoms with Crippen LogP contribution in [-0.2, 0) is 0 Å². The lowest BCUT2D eigenvalue weighted by Gasteiger charge is -1.94. The summed E-state index contributed by atoms with van der Waals surface area (Å²) in [6, 6.07) is 0. The fraction of sp³-hybridized carbons (Fsp3) is 0.750. The van der Waals surface area contributed by atoms with E-state index in [1.54, 1.807) is 0 Å². The van der Waals surface area contributed by atoms with Crippen LogP contribution in [0.1, 0.15) is 6.92 Å². The maximum absolute atomic E-state index is 5.33. The highest BCUT2D eigenvalue weighted by atomic mass is 35.5. The molecule has 0 aliphatic rings. The zero-order valence-corrected chi connectivity index (χ0v) is 5.18. The summed E-state index contributed by atoms with van der Waals surface area (Å²) in [5.41, 5.74) is 0. The summed E-state index contributed by atoms with van der Waals surface area (Å²) in [6.07, 6.45) is 0. The molecule has 0 aliphatic heterocycles. The number of halogens is 2. The lowest BCUT2D eigenvalue weighted by atomic mass is 10.3. The van der Waals surface area contributed by atoms with Gasteiger partial charge in [-0.3, -0.25) is 0 Å². The molecule has 0 saturated heterocycles. The van der Waals surface area contributed by atoms with Crippen LogP contribution >= 0.6 is 23.2 Å². The predicted molar refractivity (Wildman–Crippen MR) is 30.4 cm³/mol. The van der Waals surface area contributed by atoms with Crippen LogP contribution in [0.5, 0.6) is 0 Å². The van der Waals surface area contributed by atoms with Gasteiger partial charge in [-0.05, 0) is 0 Å². The van der Waals surface area contributed by atoms with Gasteiger partial charge in [0.15, 0.2) is 0 Å². The molecule has 6 heavy (non-hydrogen) atoms. The highest BCUT2D eigenvalue weighted by Crippen LogP contribution is 2.01. The van der Waals surface area contributed by atoms with Crippen LogP contribution in [0.3, 0.4) is 0 Å². The van der Waals surface area contributed by atoms with E-state index >= 15 is 0 Å². The van der Waals surface area contributed by atoms with Crippen molar-refractivity contribution in [1.82, 2.24) is 0 Å². The van der Waals surface area contributed by atoms with E-state index in [1.807, 2.05) is 6.92 Å². The second kappa shape index (κ2) is 3.76. The molecule has 0 nitrogen and oxygen atoms in total. The second-order valence-electron chi connectivity index (χ2n) is 1.22. The van der Waals surface area contributed by atoms with Gasteiger partial charge >= 0.3 is 0 Å². The van der Waals surface area contributed by atoms with E-state index in [-0.39, 0.29) is 0 Å². The molecule has 0 fully saturated rings. The van der Waals surface area contributed by atoms with E-state index in [0.717, 1.165) is 5.92 Å². The molecule has 37 valence electrons. The Balaban J connectivity index is 2.75. The monoisotopic (exact) mass is 125 g/mol. The molecule has 0 atom stereocenters. The molecule has 0 N–H and O–H groups in total. The molecular formula is C4H7Cl2. The molecule has 0 aliphatic carbocycles. The number of alkyl halides is 2. The summed E-state index contributed by atoms with van der Waals surface area (Å²) in [7, 11) is 0. The van der Waals surface area contributed by atoms with Gasteiger partial charge in [0.05, 0.1) is 0 Å². The van der Waals surface area contributed by atoms with Crippen molar-refractivity contribution in [3.8, 4) is 0 Å². The predicted octanol–water partition coefficient (Wildman–Crippen LogP) is 2.06. The van der Waals surface area contributed by atoms with Gasteiger partial charge in [-0.15, -0.1) is 23.2 Å². The first-order chi connectivity index (χ1) is 2.81. The lowest BCUT2D eigenvalue weighted by Crippen LogP contribution is -1.91. The molecule has 0 aromatic rings. The first-order valence-electron chi connectivity index (χ1n) is 1.74. The normalized spacial score (nSPS) is 10.0. The third kappa shape index (κ3) is 2.80. The van der Waals surface area contributed by atoms with Gasteiger partial charge in [0.1, 0.15) is 0 Å². The second-order valence-corrected chi connectivity index (χ2v) is 1.76. The topological polar surface area (TPSA) is 0 Å². The van der Waals surface area contributed by atoms with Gasteiger partial charge in [0.25, 0.3) is 0 Å². The summed E-state index contributed by atoms with van der Waals surface area (Å²) in [5.74, 6) is 2.30. The molecule has 0 aromatic heterocycles. The molecule has 0 spiro atoms. The van der Waals surface area contributed by atoms with E-state index < -0.39 is 0 Å². The Morgan fingerprint density at radius 1 is 1.33 bits per heavy atom. The average molecular weight is 126 g/mol. The quantitative estimate of drug-likeness (QED) is 0.496. The Labute approximate surface area is 48.4 Å². The molecule has 1 radical (unpaired) electrons. The number of hydrogen-bond donors (Lipinski definition) is 0. The molecule has 0 rings (SSSR count). The summed E-state index contributed by atoms with van der Waals surface area (Å²) in [6.45, 7) is 1.93. The molecule has 2 heteroatoms. The minimum atomic E-state index is 0.587. The number of rotatable bonds is 2. The van der Waals surface area contributed by atoms with Gasteiger partial charge in [0, 0.05) is 17.7 Å². The van der Waals surface area contributed by atoms with Gasteiger partial charge < -0.3 is 0 Å². The zero-order chi connectivity index (χ0) is 4.99. The van der Waals surface area contributed by atoms with E-state index in [0.29, 0.717) is 11.8 Å². The molecular weight excluding hydrogens is 119 g/mol. The fourth-order valence-electron chi connectivity index (χ4n) is 0.0357. The average Bonchev–Trinajstić information content (AvgIpc) is 1.65. The first kappa shape index (κ1) is 6.58. The minimum Gasteiger partial charge on any atom is -0.126 e. The highest BCUT2D eigenvalue weighted by molar-refractivity contribution is 6.22. The lowest BCUT2D eigenvalue weighted by molar-refractivity contribution is 1.12. The first-order valence-corrected chi connectivity index (χ1v) is 2.81. The number of hydrogen-bond acceptors (Lipinski definition) is 0. The Morgan fingerprint density at radius 2 is 1.67 bits per heavy atom. The van der Waals surface area contributed by atoms with Crippen LogP contribution in [-0.4, -0.2) is 11.8 Å². The Bertz CT molecular complexity index is 24.7. The third-order valence-corrected chi connectivity index (χ3v) is 1.37. The van der Waals surface area contributed by atoms with Crippen molar-refractivity contribution >= 4 is 23.2 Å². The molecule has 0 amide bonds. The van der Waals surface area contributed by atoms with Crippen LogP contribution in [0.15, 0.2) is 0 Å². The van der Waals surface area contributed by atoms with E-state index in [9.17, 15) is 0 Å². The molecule has 0 bridgehead atoms. The fourth-order valence-corrected chi connectivity index (χ4v) is 0.321. The SMILES string of the molecule is C[C](CCl)CCl. The minimum absolute atomic E-state index is 0.587. The summed E-state index contributed by atoms with van der Waals surface area (Å²) in [4.78, 5) is 0. The van der Waals surface area contributed by atoms with Crippen molar-refractivity contribution < 1.29 is 0 Å². The zero-order valence-electron chi connectivity index (χ0n) is 3.67. The highest BCUT2D eigenvalue weighted by Gasteiger charge is 1.93. The largest absolute Gasteiger partial charge is 0.126 e. The van der Waals surface area contributed by atoms with Crippen molar-refractivity contribution in [2.24, 2.45) is 0 Å². The van der Waals surface area contributed by atoms with Crippen LogP contribution in [0.2, 0.25) is 0 Å². The van der Waals surface area contributed by atoms with E-state index in [4.69, 9.17) is 23.2 Å². The molecule has 0 heterocycles. The van der Waals surface area contributed by atoms with Gasteiger partial charge in [-0.2, -0.15) is 0 Å². The van der Waals surface area contributed by atoms with Crippen molar-refractivity contribution in [2.75, 3.05) is 11.8 Å². The molecule has 0 aromatic carbocycles. The van der Waals surface area contributed by atoms with E-state index in [2.05, 4.69) is 0 Å². The van der Waals surface area contributed by atoms with Gasteiger partial charge in [-0.25, -0.2) is 0 Å². The summed E-state index contributed by atoms with van der Waals surface area (Å²) < 4.78 is 0. The van der Waals surface area contributed by atoms with Gasteiger partial charge in [-0.1, -0.05) is 6.92 Å². The third-order valence-electron chi connectivity index (χ3n) is 0.456. The van der Waals surface area contributed by atoms with Crippen molar-refractivity contribution in [1.29, 1.82) is 0 Å². The summed E-state index contributed by atoms with van der Waals surface area (Å²) >= 11 is 10.7. The Hall–Kier alpha value is 0.580.